The first-order chi connectivity index (χ1) is 31.7. The van der Waals surface area contributed by atoms with Crippen molar-refractivity contribution in [1.82, 2.24) is 20.6 Å². The molecule has 21 atom stereocenters. The number of nitrogens with zero attached hydrogens (tertiary/aromatic N) is 1. The van der Waals surface area contributed by atoms with E-state index in [0.717, 1.165) is 17.7 Å². The van der Waals surface area contributed by atoms with Crippen LogP contribution in [-0.4, -0.2) is 152 Å². The average Bonchev–Trinajstić information content (AvgIpc) is 3.95. The average molecular weight is 944 g/mol. The molecule has 7 aliphatic rings. The van der Waals surface area contributed by atoms with Crippen LogP contribution in [0, 0.1) is 73.9 Å². The van der Waals surface area contributed by atoms with E-state index in [2.05, 4.69) is 54.4 Å². The van der Waals surface area contributed by atoms with Gasteiger partial charge in [0, 0.05) is 35.9 Å². The Morgan fingerprint density at radius 2 is 1.73 bits per heavy atom. The van der Waals surface area contributed by atoms with Gasteiger partial charge in [0.2, 0.25) is 5.91 Å². The number of hydrogen-bond acceptors (Lipinski definition) is 14. The Morgan fingerprint density at radius 1 is 1.00 bits per heavy atom. The summed E-state index contributed by atoms with van der Waals surface area (Å²) in [5.41, 5.74) is 4.19. The zero-order valence-corrected chi connectivity index (χ0v) is 40.4. The van der Waals surface area contributed by atoms with Gasteiger partial charge in [-0.05, 0) is 142 Å². The number of nitrogens with two attached hydrogens (primary N) is 1. The Labute approximate surface area is 395 Å². The number of aromatic amines is 1. The molecule has 8 rings (SSSR count). The number of carbonyl (C=O) groups is 2. The van der Waals surface area contributed by atoms with Crippen molar-refractivity contribution in [3.8, 4) is 0 Å². The number of carbonyl (C=O) groups excluding carboxylic acids is 1. The molecule has 0 spiro atoms. The lowest BCUT2D eigenvalue weighted by Gasteiger charge is -2.73. The second-order valence-corrected chi connectivity index (χ2v) is 23.6. The molecule has 67 heavy (non-hydrogen) atoms. The lowest BCUT2D eigenvalue weighted by molar-refractivity contribution is -0.340. The third-order valence-electron chi connectivity index (χ3n) is 20.6. The van der Waals surface area contributed by atoms with Crippen molar-refractivity contribution in [2.45, 2.75) is 148 Å². The molecule has 17 nitrogen and oxygen atoms in total. The number of aliphatic hydroxyl groups is 7. The lowest BCUT2D eigenvalue weighted by atomic mass is 9.31. The molecule has 0 radical (unpaired) electrons. The number of hydrogen-bond donors (Lipinski definition) is 12. The van der Waals surface area contributed by atoms with Crippen LogP contribution in [0.25, 0.3) is 0 Å². The number of nitrogens with one attached hydrogen (secondary N) is 3. The van der Waals surface area contributed by atoms with Crippen LogP contribution in [-0.2, 0) is 19.1 Å². The molecule has 3 heterocycles. The van der Waals surface area contributed by atoms with Crippen LogP contribution in [0.2, 0.25) is 0 Å². The number of rotatable bonds is 15. The Balaban J connectivity index is 1.26. The van der Waals surface area contributed by atoms with E-state index in [4.69, 9.17) is 15.2 Å². The van der Waals surface area contributed by atoms with Crippen LogP contribution in [0.5, 0.6) is 0 Å². The Morgan fingerprint density at radius 3 is 2.36 bits per heavy atom. The molecule has 6 fully saturated rings. The summed E-state index contributed by atoms with van der Waals surface area (Å²) in [5, 5.41) is 96.8. The van der Waals surface area contributed by atoms with Crippen molar-refractivity contribution in [3.05, 3.63) is 29.9 Å². The van der Waals surface area contributed by atoms with Gasteiger partial charge in [-0.1, -0.05) is 46.3 Å². The van der Waals surface area contributed by atoms with E-state index in [0.29, 0.717) is 64.5 Å². The molecule has 378 valence electrons. The van der Waals surface area contributed by atoms with Gasteiger partial charge in [-0.3, -0.25) is 9.59 Å². The highest BCUT2D eigenvalue weighted by atomic mass is 16.7. The Kier molecular flexibility index (Phi) is 14.1. The summed E-state index contributed by atoms with van der Waals surface area (Å²) in [6.45, 7) is 10.7. The molecule has 4 saturated carbocycles. The third-order valence-corrected chi connectivity index (χ3v) is 20.6. The number of imidazole rings is 1. The minimum absolute atomic E-state index is 0.0220. The zero-order chi connectivity index (χ0) is 48.6. The predicted octanol–water partition coefficient (Wildman–Crippen LogP) is 1.64. The van der Waals surface area contributed by atoms with Gasteiger partial charge in [0.25, 0.3) is 0 Å². The quantitative estimate of drug-likeness (QED) is 0.0880. The number of aliphatic hydroxyl groups excluding tert-OH is 7. The molecule has 0 aromatic carbocycles. The maximum absolute atomic E-state index is 14.2. The monoisotopic (exact) mass is 944 g/mol. The molecule has 1 aromatic heterocycles. The summed E-state index contributed by atoms with van der Waals surface area (Å²) < 4.78 is 12.5. The van der Waals surface area contributed by atoms with Crippen LogP contribution >= 0.6 is 0 Å². The molecular formula is C50H81N5O12. The number of amides is 1. The van der Waals surface area contributed by atoms with E-state index in [9.17, 15) is 50.4 Å². The fourth-order valence-electron chi connectivity index (χ4n) is 16.5. The first kappa shape index (κ1) is 50.8. The number of aliphatic carboxylic acids is 1. The summed E-state index contributed by atoms with van der Waals surface area (Å²) >= 11 is 0. The maximum atomic E-state index is 14.2. The molecular weight excluding hydrogens is 863 g/mol. The first-order valence-corrected chi connectivity index (χ1v) is 25.1. The largest absolute Gasteiger partial charge is 0.481 e. The number of aromatic nitrogens is 2. The Bertz CT molecular complexity index is 1980. The van der Waals surface area contributed by atoms with Crippen molar-refractivity contribution < 1.29 is 59.9 Å². The molecule has 2 aliphatic heterocycles. The predicted molar refractivity (Wildman–Crippen MR) is 245 cm³/mol. The molecule has 17 heteroatoms. The van der Waals surface area contributed by atoms with Gasteiger partial charge >= 0.3 is 5.97 Å². The van der Waals surface area contributed by atoms with Crippen molar-refractivity contribution in [3.63, 3.8) is 0 Å². The van der Waals surface area contributed by atoms with Gasteiger partial charge in [-0.2, -0.15) is 0 Å². The van der Waals surface area contributed by atoms with Crippen LogP contribution in [0.1, 0.15) is 110 Å². The normalized spacial score (nSPS) is 48.2. The van der Waals surface area contributed by atoms with Gasteiger partial charge in [0.1, 0.15) is 18.3 Å². The smallest absolute Gasteiger partial charge is 0.310 e. The molecule has 1 amide bonds. The summed E-state index contributed by atoms with van der Waals surface area (Å²) in [5.74, 6) is -3.97. The second kappa shape index (κ2) is 18.6. The third kappa shape index (κ3) is 7.78. The van der Waals surface area contributed by atoms with E-state index in [-0.39, 0.29) is 61.7 Å². The summed E-state index contributed by atoms with van der Waals surface area (Å²) in [6.07, 6.45) is 2.84. The van der Waals surface area contributed by atoms with Crippen LogP contribution in [0.3, 0.4) is 0 Å². The summed E-state index contributed by atoms with van der Waals surface area (Å²) in [6, 6.07) is -0.504. The SMILES string of the molecule is CNCC(CN)CC(c1cnc[nH]1)C1NC(=O)C(CO)C1CC1C(O)C(OC2OCC(O)C(O)C2O)C(C)(CO)C2CCC3(C)C(CC=C4C5CC(C)(CO)CCC5(C(=O)O)CCC43C)C12C. The second-order valence-electron chi connectivity index (χ2n) is 23.6. The van der Waals surface area contributed by atoms with Crippen LogP contribution < -0.4 is 16.4 Å². The molecule has 1 aromatic rings. The summed E-state index contributed by atoms with van der Waals surface area (Å²) in [7, 11) is 1.87. The van der Waals surface area contributed by atoms with Crippen molar-refractivity contribution in [1.29, 1.82) is 0 Å². The van der Waals surface area contributed by atoms with Crippen molar-refractivity contribution in [2.24, 2.45) is 79.6 Å². The highest BCUT2D eigenvalue weighted by Gasteiger charge is 2.74. The molecule has 13 N–H and O–H groups in total. The maximum Gasteiger partial charge on any atom is 0.310 e. The molecule has 0 bridgehead atoms. The topological polar surface area (TPSA) is 293 Å². The van der Waals surface area contributed by atoms with Crippen molar-refractivity contribution >= 4 is 11.9 Å². The van der Waals surface area contributed by atoms with Gasteiger partial charge in [0.15, 0.2) is 6.29 Å². The number of allylic oxidation sites excluding steroid dienone is 2. The number of carboxylic acids is 1. The van der Waals surface area contributed by atoms with E-state index in [1.165, 1.54) is 0 Å². The number of carboxylic acid groups (broad SMARTS) is 1. The van der Waals surface area contributed by atoms with Crippen molar-refractivity contribution in [2.75, 3.05) is 46.6 Å². The number of H-pyrrole nitrogens is 1. The van der Waals surface area contributed by atoms with Gasteiger partial charge in [0.05, 0.1) is 49.7 Å². The minimum Gasteiger partial charge on any atom is -0.481 e. The number of ether oxygens (including phenoxy) is 2. The minimum atomic E-state index is -1.65. The zero-order valence-electron chi connectivity index (χ0n) is 40.4. The standard InChI is InChI=1S/C50H81N5O12/c1-45(23-57)11-13-50(44(64)65)14-12-47(3)30(32(50)17-45)7-8-36-48(47,4)10-9-35-46(2,24-58)41(67-43-40(62)39(61)34(59)22-66-43)38(60)31(49(35,36)5)16-27-29(21-56)42(63)55-37(27)28(33-20-53-25-54-33)15-26(18-51)19-52-6/h7,20,25-29,31-32,34-41,43,52,56-62H,8-19,21-24,51H2,1-6H3,(H,53,54)(H,55,63)(H,64,65). The Hall–Kier alpha value is -2.55. The lowest BCUT2D eigenvalue weighted by Crippen LogP contribution is -2.72. The van der Waals surface area contributed by atoms with Crippen LogP contribution in [0.15, 0.2) is 24.2 Å². The van der Waals surface area contributed by atoms with Crippen LogP contribution in [0.4, 0.5) is 0 Å². The fourth-order valence-corrected chi connectivity index (χ4v) is 16.5. The number of fused-ring (bicyclic) bond motifs is 7. The molecule has 2 saturated heterocycles. The van der Waals surface area contributed by atoms with Gasteiger partial charge in [-0.25, -0.2) is 4.98 Å². The highest BCUT2D eigenvalue weighted by molar-refractivity contribution is 5.82. The molecule has 21 unspecified atom stereocenters. The first-order valence-electron chi connectivity index (χ1n) is 25.1. The van der Waals surface area contributed by atoms with E-state index >= 15 is 0 Å². The van der Waals surface area contributed by atoms with Gasteiger partial charge < -0.3 is 71.7 Å². The molecule has 5 aliphatic carbocycles. The van der Waals surface area contributed by atoms with Gasteiger partial charge in [-0.15, -0.1) is 0 Å². The van der Waals surface area contributed by atoms with E-state index in [1.54, 1.807) is 12.5 Å². The van der Waals surface area contributed by atoms with E-state index < -0.39 is 106 Å². The summed E-state index contributed by atoms with van der Waals surface area (Å²) in [4.78, 5) is 35.3. The van der Waals surface area contributed by atoms with E-state index in [1.807, 2.05) is 14.0 Å². The highest BCUT2D eigenvalue weighted by Crippen LogP contribution is 2.77. The fraction of sp³-hybridized carbons (Fsp3) is 0.860.